The number of rotatable bonds is 6. The Morgan fingerprint density at radius 2 is 0.831 bits per heavy atom. The van der Waals surface area contributed by atoms with E-state index in [1.165, 1.54) is 66.0 Å². The van der Waals surface area contributed by atoms with E-state index in [0.29, 0.717) is 17.5 Å². The third kappa shape index (κ3) is 5.62. The largest absolute Gasteiger partial charge is 0.309 e. The number of para-hydroxylation sites is 4. The molecule has 0 radical (unpaired) electrons. The lowest BCUT2D eigenvalue weighted by atomic mass is 9.82. The molecule has 306 valence electrons. The van der Waals surface area contributed by atoms with Crippen molar-refractivity contribution in [1.29, 1.82) is 0 Å². The summed E-state index contributed by atoms with van der Waals surface area (Å²) in [5.74, 6) is 1.90. The fourth-order valence-corrected chi connectivity index (χ4v) is 10.6. The van der Waals surface area contributed by atoms with Gasteiger partial charge >= 0.3 is 0 Å². The Labute approximate surface area is 376 Å². The molecule has 65 heavy (non-hydrogen) atoms. The maximum atomic E-state index is 5.37. The summed E-state index contributed by atoms with van der Waals surface area (Å²) in [7, 11) is 0. The molecule has 0 atom stereocenters. The lowest BCUT2D eigenvalue weighted by molar-refractivity contribution is 0.660. The van der Waals surface area contributed by atoms with Gasteiger partial charge in [-0.3, -0.25) is 0 Å². The molecule has 5 nitrogen and oxygen atoms in total. The maximum absolute atomic E-state index is 5.37. The van der Waals surface area contributed by atoms with Gasteiger partial charge < -0.3 is 9.13 Å². The van der Waals surface area contributed by atoms with Gasteiger partial charge in [0.2, 0.25) is 0 Å². The molecule has 13 rings (SSSR count). The summed E-state index contributed by atoms with van der Waals surface area (Å²) in [5, 5.41) is 4.84. The smallest absolute Gasteiger partial charge is 0.166 e. The van der Waals surface area contributed by atoms with E-state index in [2.05, 4.69) is 217 Å². The van der Waals surface area contributed by atoms with Gasteiger partial charge in [-0.2, -0.15) is 0 Å². The van der Waals surface area contributed by atoms with Crippen LogP contribution < -0.4 is 0 Å². The molecule has 0 saturated heterocycles. The van der Waals surface area contributed by atoms with E-state index in [4.69, 9.17) is 15.0 Å². The predicted octanol–water partition coefficient (Wildman–Crippen LogP) is 15.0. The zero-order valence-electron chi connectivity index (χ0n) is 35.9. The summed E-state index contributed by atoms with van der Waals surface area (Å²) >= 11 is 0. The summed E-state index contributed by atoms with van der Waals surface area (Å²) in [6, 6.07) is 76.0. The lowest BCUT2D eigenvalue weighted by Gasteiger charge is -2.21. The SMILES string of the molecule is CC1(C)c2ccccc2-c2ccc(-c3nc(-c4ccccc4)nc(-c4ccccc4-n4c5ccccc5c5c(-c6cccc7c6c6ccccc6n7-c6ccccc6)cccc54)n3)cc21. The number of hydrogen-bond acceptors (Lipinski definition) is 3. The van der Waals surface area contributed by atoms with E-state index in [0.717, 1.165) is 39.1 Å². The second-order valence-electron chi connectivity index (χ2n) is 17.6. The zero-order chi connectivity index (χ0) is 43.2. The van der Waals surface area contributed by atoms with Crippen LogP contribution in [0, 0.1) is 0 Å². The van der Waals surface area contributed by atoms with Crippen LogP contribution in [0.2, 0.25) is 0 Å². The zero-order valence-corrected chi connectivity index (χ0v) is 35.9. The first-order valence-electron chi connectivity index (χ1n) is 22.3. The van der Waals surface area contributed by atoms with E-state index in [-0.39, 0.29) is 5.41 Å². The highest BCUT2D eigenvalue weighted by atomic mass is 15.1. The Hall–Kier alpha value is -8.41. The molecule has 3 aromatic heterocycles. The Morgan fingerprint density at radius 3 is 1.54 bits per heavy atom. The van der Waals surface area contributed by atoms with Crippen molar-refractivity contribution in [3.05, 3.63) is 223 Å². The molecule has 0 aliphatic heterocycles. The molecular weight excluding hydrogens is 791 g/mol. The van der Waals surface area contributed by atoms with Crippen LogP contribution in [0.5, 0.6) is 0 Å². The quantitative estimate of drug-likeness (QED) is 0.168. The molecule has 1 aliphatic rings. The Kier molecular flexibility index (Phi) is 8.18. The average molecular weight is 832 g/mol. The Bertz CT molecular complexity index is 3860. The monoisotopic (exact) mass is 831 g/mol. The molecule has 1 aliphatic carbocycles. The van der Waals surface area contributed by atoms with Crippen molar-refractivity contribution >= 4 is 43.6 Å². The summed E-state index contributed by atoms with van der Waals surface area (Å²) in [6.45, 7) is 4.62. The summed E-state index contributed by atoms with van der Waals surface area (Å²) in [5.41, 5.74) is 16.9. The molecule has 9 aromatic carbocycles. The molecule has 0 N–H and O–H groups in total. The first-order chi connectivity index (χ1) is 32.0. The van der Waals surface area contributed by atoms with Crippen molar-refractivity contribution < 1.29 is 0 Å². The molecule has 0 amide bonds. The predicted molar refractivity (Wildman–Crippen MR) is 268 cm³/mol. The fraction of sp³-hybridized carbons (Fsp3) is 0.0500. The Morgan fingerprint density at radius 1 is 0.338 bits per heavy atom. The van der Waals surface area contributed by atoms with Gasteiger partial charge in [0.15, 0.2) is 17.5 Å². The van der Waals surface area contributed by atoms with Gasteiger partial charge in [-0.1, -0.05) is 172 Å². The second kappa shape index (κ2) is 14.3. The number of benzene rings is 9. The van der Waals surface area contributed by atoms with Crippen LogP contribution in [0.15, 0.2) is 212 Å². The van der Waals surface area contributed by atoms with Gasteiger partial charge in [0, 0.05) is 49.3 Å². The lowest BCUT2D eigenvalue weighted by Crippen LogP contribution is -2.15. The number of fused-ring (bicyclic) bond motifs is 9. The number of hydrogen-bond donors (Lipinski definition) is 0. The highest BCUT2D eigenvalue weighted by Crippen LogP contribution is 2.50. The van der Waals surface area contributed by atoms with E-state index < -0.39 is 0 Å². The first kappa shape index (κ1) is 37.2. The van der Waals surface area contributed by atoms with E-state index >= 15 is 0 Å². The van der Waals surface area contributed by atoms with Crippen LogP contribution in [-0.4, -0.2) is 24.1 Å². The Balaban J connectivity index is 1.03. The molecule has 0 spiro atoms. The fourth-order valence-electron chi connectivity index (χ4n) is 10.6. The molecule has 12 aromatic rings. The van der Waals surface area contributed by atoms with Gasteiger partial charge in [-0.15, -0.1) is 0 Å². The highest BCUT2D eigenvalue weighted by molar-refractivity contribution is 6.22. The van der Waals surface area contributed by atoms with Crippen molar-refractivity contribution in [1.82, 2.24) is 24.1 Å². The minimum atomic E-state index is -0.160. The number of aromatic nitrogens is 5. The normalized spacial score (nSPS) is 12.9. The minimum Gasteiger partial charge on any atom is -0.309 e. The molecule has 0 unspecified atom stereocenters. The number of nitrogens with zero attached hydrogens (tertiary/aromatic N) is 5. The first-order valence-corrected chi connectivity index (χ1v) is 22.3. The second-order valence-corrected chi connectivity index (χ2v) is 17.6. The maximum Gasteiger partial charge on any atom is 0.166 e. The summed E-state index contributed by atoms with van der Waals surface area (Å²) in [4.78, 5) is 15.8. The van der Waals surface area contributed by atoms with E-state index in [1.54, 1.807) is 0 Å². The molecule has 0 fully saturated rings. The molecule has 5 heteroatoms. The van der Waals surface area contributed by atoms with Gasteiger partial charge in [0.1, 0.15) is 0 Å². The van der Waals surface area contributed by atoms with Gasteiger partial charge in [-0.25, -0.2) is 15.0 Å². The van der Waals surface area contributed by atoms with Crippen molar-refractivity contribution in [2.75, 3.05) is 0 Å². The van der Waals surface area contributed by atoms with Crippen molar-refractivity contribution in [3.8, 4) is 67.8 Å². The van der Waals surface area contributed by atoms with Crippen LogP contribution in [0.1, 0.15) is 25.0 Å². The third-order valence-corrected chi connectivity index (χ3v) is 13.6. The van der Waals surface area contributed by atoms with Crippen molar-refractivity contribution in [2.24, 2.45) is 0 Å². The standard InChI is InChI=1S/C60H41N5/c1-60(2)48-29-13-9-23-41(48)42-36-35-39(37-49(42)60)58-61-57(38-19-5-3-6-20-38)62-59(63-58)47-26-12-16-32-52(47)65-51-31-15-11-25-46(51)56-44(28-18-34-54(56)65)43-27-17-33-53-55(43)45-24-10-14-30-50(45)64(53)40-21-7-4-8-22-40/h3-37H,1-2H3. The van der Waals surface area contributed by atoms with E-state index in [9.17, 15) is 0 Å². The average Bonchev–Trinajstić information content (AvgIpc) is 3.97. The molecule has 0 saturated carbocycles. The van der Waals surface area contributed by atoms with Crippen molar-refractivity contribution in [2.45, 2.75) is 19.3 Å². The molecule has 0 bridgehead atoms. The highest BCUT2D eigenvalue weighted by Gasteiger charge is 2.35. The van der Waals surface area contributed by atoms with E-state index in [1.807, 2.05) is 18.2 Å². The summed E-state index contributed by atoms with van der Waals surface area (Å²) < 4.78 is 4.79. The van der Waals surface area contributed by atoms with Gasteiger partial charge in [-0.05, 0) is 88.0 Å². The minimum absolute atomic E-state index is 0.160. The van der Waals surface area contributed by atoms with Crippen LogP contribution in [0.3, 0.4) is 0 Å². The topological polar surface area (TPSA) is 48.5 Å². The molecule has 3 heterocycles. The van der Waals surface area contributed by atoms with Gasteiger partial charge in [0.05, 0.1) is 27.8 Å². The summed E-state index contributed by atoms with van der Waals surface area (Å²) in [6.07, 6.45) is 0. The van der Waals surface area contributed by atoms with Crippen molar-refractivity contribution in [3.63, 3.8) is 0 Å². The van der Waals surface area contributed by atoms with Crippen LogP contribution in [-0.2, 0) is 5.41 Å². The third-order valence-electron chi connectivity index (χ3n) is 13.6. The van der Waals surface area contributed by atoms with Gasteiger partial charge in [0.25, 0.3) is 0 Å². The van der Waals surface area contributed by atoms with Crippen LogP contribution >= 0.6 is 0 Å². The van der Waals surface area contributed by atoms with Crippen LogP contribution in [0.25, 0.3) is 111 Å². The van der Waals surface area contributed by atoms with Crippen LogP contribution in [0.4, 0.5) is 0 Å². The molecular formula is C60H41N5.